The minimum absolute atomic E-state index is 0.605. The van der Waals surface area contributed by atoms with Crippen LogP contribution in [0.15, 0.2) is 12.0 Å². The molecular weight excluding hydrogens is 394 g/mol. The Morgan fingerprint density at radius 1 is 0.531 bits per heavy atom. The Hall–Kier alpha value is -0.700. The van der Waals surface area contributed by atoms with E-state index in [0.717, 1.165) is 25.4 Å². The molecule has 3 nitrogen and oxygen atoms in total. The first-order valence-electron chi connectivity index (χ1n) is 14.3. The van der Waals surface area contributed by atoms with E-state index in [1.54, 1.807) is 0 Å². The van der Waals surface area contributed by atoms with E-state index in [-0.39, 0.29) is 0 Å². The maximum atomic E-state index is 6.02. The molecule has 0 saturated heterocycles. The molecule has 0 N–H and O–H groups in total. The smallest absolute Gasteiger partial charge is 0.137 e. The zero-order valence-corrected chi connectivity index (χ0v) is 22.6. The molecule has 32 heavy (non-hydrogen) atoms. The third-order valence-corrected chi connectivity index (χ3v) is 6.07. The molecule has 0 unspecified atom stereocenters. The molecule has 0 aliphatic heterocycles. The Morgan fingerprint density at radius 2 is 0.906 bits per heavy atom. The van der Waals surface area contributed by atoms with Crippen LogP contribution >= 0.6 is 0 Å². The molecule has 0 rings (SSSR count). The van der Waals surface area contributed by atoms with Gasteiger partial charge in [-0.05, 0) is 12.8 Å². The molecule has 0 amide bonds. The van der Waals surface area contributed by atoms with E-state index in [4.69, 9.17) is 9.47 Å². The van der Waals surface area contributed by atoms with E-state index >= 15 is 0 Å². The number of rotatable bonds is 26. The van der Waals surface area contributed by atoms with E-state index in [1.807, 2.05) is 14.1 Å². The molecule has 0 fully saturated rings. The molecule has 0 radical (unpaired) electrons. The van der Waals surface area contributed by atoms with E-state index in [9.17, 15) is 0 Å². The first-order valence-corrected chi connectivity index (χ1v) is 14.3. The SMILES string of the molecule is CCCCCCCCCCCCOCC(=CN(C)C)OCCCCCCCCCCCC. The summed E-state index contributed by atoms with van der Waals surface area (Å²) < 4.78 is 11.9. The van der Waals surface area contributed by atoms with Crippen LogP contribution in [0.3, 0.4) is 0 Å². The summed E-state index contributed by atoms with van der Waals surface area (Å²) in [6, 6.07) is 0. The van der Waals surface area contributed by atoms with Crippen LogP contribution in [0.1, 0.15) is 142 Å². The fourth-order valence-corrected chi connectivity index (χ4v) is 4.06. The monoisotopic (exact) mass is 453 g/mol. The summed E-state index contributed by atoms with van der Waals surface area (Å²) in [6.45, 7) is 6.84. The number of unbranched alkanes of at least 4 members (excludes halogenated alkanes) is 18. The summed E-state index contributed by atoms with van der Waals surface area (Å²) in [7, 11) is 4.10. The number of hydrogen-bond acceptors (Lipinski definition) is 3. The van der Waals surface area contributed by atoms with Crippen LogP contribution in [0.25, 0.3) is 0 Å². The second kappa shape index (κ2) is 26.6. The van der Waals surface area contributed by atoms with Crippen LogP contribution in [0, 0.1) is 0 Å². The summed E-state index contributed by atoms with van der Waals surface area (Å²) in [5, 5.41) is 0. The Bertz CT molecular complexity index is 381. The topological polar surface area (TPSA) is 21.7 Å². The predicted molar refractivity (Wildman–Crippen MR) is 142 cm³/mol. The Kier molecular flexibility index (Phi) is 26.0. The quantitative estimate of drug-likeness (QED) is 0.0961. The van der Waals surface area contributed by atoms with Gasteiger partial charge in [0.05, 0.1) is 6.61 Å². The molecule has 0 aliphatic carbocycles. The van der Waals surface area contributed by atoms with Gasteiger partial charge in [-0.15, -0.1) is 0 Å². The number of nitrogens with zero attached hydrogens (tertiary/aromatic N) is 1. The molecule has 192 valence electrons. The number of hydrogen-bond donors (Lipinski definition) is 0. The average molecular weight is 454 g/mol. The van der Waals surface area contributed by atoms with Gasteiger partial charge in [0.15, 0.2) is 0 Å². The maximum absolute atomic E-state index is 6.02. The summed E-state index contributed by atoms with van der Waals surface area (Å²) >= 11 is 0. The van der Waals surface area contributed by atoms with Crippen molar-refractivity contribution in [2.45, 2.75) is 142 Å². The van der Waals surface area contributed by atoms with Gasteiger partial charge in [0.1, 0.15) is 12.4 Å². The van der Waals surface area contributed by atoms with Crippen molar-refractivity contribution in [3.05, 3.63) is 12.0 Å². The molecule has 0 bridgehead atoms. The highest BCUT2D eigenvalue weighted by Gasteiger charge is 2.01. The summed E-state index contributed by atoms with van der Waals surface area (Å²) in [5.74, 6) is 0.970. The highest BCUT2D eigenvalue weighted by Crippen LogP contribution is 2.12. The zero-order chi connectivity index (χ0) is 23.5. The van der Waals surface area contributed by atoms with E-state index in [1.165, 1.54) is 122 Å². The van der Waals surface area contributed by atoms with Gasteiger partial charge in [0.2, 0.25) is 0 Å². The highest BCUT2D eigenvalue weighted by atomic mass is 16.5. The van der Waals surface area contributed by atoms with Gasteiger partial charge in [0.25, 0.3) is 0 Å². The van der Waals surface area contributed by atoms with Crippen molar-refractivity contribution in [1.82, 2.24) is 4.90 Å². The third-order valence-electron chi connectivity index (χ3n) is 6.07. The van der Waals surface area contributed by atoms with E-state index < -0.39 is 0 Å². The maximum Gasteiger partial charge on any atom is 0.137 e. The molecule has 0 atom stereocenters. The average Bonchev–Trinajstić information content (AvgIpc) is 2.77. The molecule has 3 heteroatoms. The lowest BCUT2D eigenvalue weighted by Crippen LogP contribution is -2.10. The molecule has 0 aromatic heterocycles. The van der Waals surface area contributed by atoms with Crippen LogP contribution in [0.5, 0.6) is 0 Å². The molecule has 0 aromatic carbocycles. The molecule has 0 saturated carbocycles. The van der Waals surface area contributed by atoms with Gasteiger partial charge < -0.3 is 14.4 Å². The second-order valence-corrected chi connectivity index (χ2v) is 9.82. The molecular formula is C29H59NO2. The van der Waals surface area contributed by atoms with Gasteiger partial charge >= 0.3 is 0 Å². The van der Waals surface area contributed by atoms with Crippen molar-refractivity contribution in [2.24, 2.45) is 0 Å². The largest absolute Gasteiger partial charge is 0.494 e. The van der Waals surface area contributed by atoms with Gasteiger partial charge in [-0.3, -0.25) is 0 Å². The van der Waals surface area contributed by atoms with Crippen molar-refractivity contribution in [2.75, 3.05) is 33.9 Å². The zero-order valence-electron chi connectivity index (χ0n) is 22.6. The standard InChI is InChI=1S/C29H59NO2/c1-5-7-9-11-13-15-17-19-21-23-25-31-28-29(27-30(3)4)32-26-24-22-20-18-16-14-12-10-8-6-2/h27H,5-26,28H2,1-4H3. The Morgan fingerprint density at radius 3 is 1.31 bits per heavy atom. The van der Waals surface area contributed by atoms with Crippen molar-refractivity contribution in [3.8, 4) is 0 Å². The van der Waals surface area contributed by atoms with Crippen molar-refractivity contribution in [3.63, 3.8) is 0 Å². The fraction of sp³-hybridized carbons (Fsp3) is 0.931. The number of ether oxygens (including phenoxy) is 2. The van der Waals surface area contributed by atoms with E-state index in [0.29, 0.717) is 6.61 Å². The highest BCUT2D eigenvalue weighted by molar-refractivity contribution is 4.91. The Balaban J connectivity index is 3.57. The first kappa shape index (κ1) is 31.3. The normalized spacial score (nSPS) is 11.8. The van der Waals surface area contributed by atoms with E-state index in [2.05, 4.69) is 24.9 Å². The van der Waals surface area contributed by atoms with Crippen molar-refractivity contribution < 1.29 is 9.47 Å². The summed E-state index contributed by atoms with van der Waals surface area (Å²) in [4.78, 5) is 2.05. The van der Waals surface area contributed by atoms with Gasteiger partial charge in [-0.1, -0.05) is 129 Å². The van der Waals surface area contributed by atoms with Gasteiger partial charge in [0, 0.05) is 26.9 Å². The molecule has 0 aromatic rings. The fourth-order valence-electron chi connectivity index (χ4n) is 4.06. The van der Waals surface area contributed by atoms with Crippen LogP contribution < -0.4 is 0 Å². The lowest BCUT2D eigenvalue weighted by molar-refractivity contribution is 0.0907. The molecule has 0 aliphatic rings. The van der Waals surface area contributed by atoms with Crippen LogP contribution in [0.2, 0.25) is 0 Å². The minimum atomic E-state index is 0.605. The Labute approximate surface area is 202 Å². The van der Waals surface area contributed by atoms with Crippen LogP contribution in [-0.2, 0) is 9.47 Å². The van der Waals surface area contributed by atoms with Crippen molar-refractivity contribution >= 4 is 0 Å². The van der Waals surface area contributed by atoms with Crippen LogP contribution in [-0.4, -0.2) is 38.8 Å². The van der Waals surface area contributed by atoms with Gasteiger partial charge in [-0.25, -0.2) is 0 Å². The minimum Gasteiger partial charge on any atom is -0.494 e. The van der Waals surface area contributed by atoms with Crippen LogP contribution in [0.4, 0.5) is 0 Å². The lowest BCUT2D eigenvalue weighted by atomic mass is 10.1. The molecule has 0 heterocycles. The first-order chi connectivity index (χ1) is 15.7. The van der Waals surface area contributed by atoms with Gasteiger partial charge in [-0.2, -0.15) is 0 Å². The third kappa shape index (κ3) is 25.6. The molecule has 0 spiro atoms. The lowest BCUT2D eigenvalue weighted by Gasteiger charge is -2.14. The second-order valence-electron chi connectivity index (χ2n) is 9.82. The summed E-state index contributed by atoms with van der Waals surface area (Å²) in [5.41, 5.74) is 0. The summed E-state index contributed by atoms with van der Waals surface area (Å²) in [6.07, 6.45) is 29.3. The van der Waals surface area contributed by atoms with Crippen molar-refractivity contribution in [1.29, 1.82) is 0 Å². The predicted octanol–water partition coefficient (Wildman–Crippen LogP) is 9.26.